The van der Waals surface area contributed by atoms with Gasteiger partial charge in [-0.05, 0) is 50.9 Å². The first-order valence-corrected chi connectivity index (χ1v) is 21.6. The summed E-state index contributed by atoms with van der Waals surface area (Å²) in [7, 11) is -4.65. The number of carbonyl (C=O) groups excluding carboxylic acids is 2. The number of phosphoric ester groups is 1. The zero-order valence-electron chi connectivity index (χ0n) is 33.0. The van der Waals surface area contributed by atoms with Gasteiger partial charge in [0.2, 0.25) is 0 Å². The quantitative estimate of drug-likeness (QED) is 0.0158. The highest BCUT2D eigenvalue weighted by Crippen LogP contribution is 2.43. The Morgan fingerprint density at radius 2 is 1.32 bits per heavy atom. The highest BCUT2D eigenvalue weighted by molar-refractivity contribution is 7.47. The molecule has 0 aliphatic heterocycles. The Kier molecular flexibility index (Phi) is 34.2. The summed E-state index contributed by atoms with van der Waals surface area (Å²) in [4.78, 5) is 34.8. The maximum absolute atomic E-state index is 12.6. The fraction of sp³-hybridized carbons (Fsp3) is 0.756. The second-order valence-corrected chi connectivity index (χ2v) is 15.4. The first-order valence-electron chi connectivity index (χ1n) is 20.1. The number of rotatable bonds is 36. The molecule has 0 aliphatic rings. The van der Waals surface area contributed by atoms with Crippen molar-refractivity contribution in [2.24, 2.45) is 5.92 Å². The molecule has 53 heavy (non-hydrogen) atoms. The van der Waals surface area contributed by atoms with E-state index < -0.39 is 57.9 Å². The minimum Gasteiger partial charge on any atom is -0.462 e. The summed E-state index contributed by atoms with van der Waals surface area (Å²) in [5.74, 6) is -0.292. The molecule has 0 radical (unpaired) electrons. The Morgan fingerprint density at radius 1 is 0.698 bits per heavy atom. The van der Waals surface area contributed by atoms with E-state index >= 15 is 0 Å². The number of allylic oxidation sites excluding steroid dienone is 6. The van der Waals surface area contributed by atoms with Gasteiger partial charge < -0.3 is 29.7 Å². The van der Waals surface area contributed by atoms with Gasteiger partial charge in [0, 0.05) is 12.8 Å². The Balaban J connectivity index is 4.55. The van der Waals surface area contributed by atoms with Crippen LogP contribution in [-0.4, -0.2) is 76.9 Å². The van der Waals surface area contributed by atoms with Crippen LogP contribution in [0.2, 0.25) is 0 Å². The molecule has 4 N–H and O–H groups in total. The third-order valence-electron chi connectivity index (χ3n) is 8.24. The van der Waals surface area contributed by atoms with E-state index in [4.69, 9.17) is 19.1 Å². The topological polar surface area (TPSA) is 169 Å². The molecule has 308 valence electrons. The van der Waals surface area contributed by atoms with Gasteiger partial charge in [-0.25, -0.2) is 4.57 Å². The van der Waals surface area contributed by atoms with Gasteiger partial charge in [-0.15, -0.1) is 0 Å². The van der Waals surface area contributed by atoms with Gasteiger partial charge in [0.1, 0.15) is 12.7 Å². The lowest BCUT2D eigenvalue weighted by Crippen LogP contribution is -2.29. The second kappa shape index (κ2) is 35.6. The number of unbranched alkanes of at least 4 members (excludes halogenated alkanes) is 12. The van der Waals surface area contributed by atoms with Crippen molar-refractivity contribution in [3.8, 4) is 0 Å². The number of aliphatic hydroxyl groups excluding tert-OH is 3. The molecule has 0 heterocycles. The van der Waals surface area contributed by atoms with E-state index in [0.717, 1.165) is 38.0 Å². The summed E-state index contributed by atoms with van der Waals surface area (Å²) in [5.41, 5.74) is 0. The predicted octanol–water partition coefficient (Wildman–Crippen LogP) is 8.99. The summed E-state index contributed by atoms with van der Waals surface area (Å²) in [6.45, 7) is 4.45. The Hall–Kier alpha value is -2.11. The molecule has 12 heteroatoms. The molecule has 0 rings (SSSR count). The van der Waals surface area contributed by atoms with Crippen molar-refractivity contribution in [1.82, 2.24) is 0 Å². The molecule has 0 saturated heterocycles. The molecule has 0 aliphatic carbocycles. The van der Waals surface area contributed by atoms with Gasteiger partial charge in [-0.2, -0.15) is 0 Å². The largest absolute Gasteiger partial charge is 0.472 e. The van der Waals surface area contributed by atoms with E-state index in [2.05, 4.69) is 37.4 Å². The molecule has 0 aromatic rings. The van der Waals surface area contributed by atoms with Crippen molar-refractivity contribution in [2.75, 3.05) is 26.4 Å². The summed E-state index contributed by atoms with van der Waals surface area (Å²) < 4.78 is 32.5. The van der Waals surface area contributed by atoms with Crippen LogP contribution in [0.4, 0.5) is 0 Å². The molecule has 0 spiro atoms. The zero-order valence-corrected chi connectivity index (χ0v) is 33.9. The van der Waals surface area contributed by atoms with Gasteiger partial charge in [0.15, 0.2) is 6.10 Å². The zero-order chi connectivity index (χ0) is 39.4. The molecular weight excluding hydrogens is 699 g/mol. The Bertz CT molecular complexity index is 1060. The van der Waals surface area contributed by atoms with Crippen LogP contribution in [0.5, 0.6) is 0 Å². The Labute approximate surface area is 320 Å². The van der Waals surface area contributed by atoms with Crippen molar-refractivity contribution in [3.05, 3.63) is 48.6 Å². The predicted molar refractivity (Wildman–Crippen MR) is 211 cm³/mol. The van der Waals surface area contributed by atoms with Gasteiger partial charge in [0.05, 0.1) is 25.9 Å². The van der Waals surface area contributed by atoms with Crippen LogP contribution in [0.1, 0.15) is 149 Å². The third-order valence-corrected chi connectivity index (χ3v) is 9.20. The number of phosphoric acid groups is 1. The van der Waals surface area contributed by atoms with E-state index in [0.29, 0.717) is 25.7 Å². The summed E-state index contributed by atoms with van der Waals surface area (Å²) in [5, 5.41) is 28.4. The smallest absolute Gasteiger partial charge is 0.462 e. The summed E-state index contributed by atoms with van der Waals surface area (Å²) in [6.07, 6.45) is 31.2. The number of ether oxygens (including phenoxy) is 2. The minimum atomic E-state index is -4.65. The molecule has 11 nitrogen and oxygen atoms in total. The van der Waals surface area contributed by atoms with E-state index in [9.17, 15) is 29.3 Å². The molecule has 0 fully saturated rings. The van der Waals surface area contributed by atoms with Crippen LogP contribution >= 0.6 is 7.82 Å². The number of carbonyl (C=O) groups is 2. The van der Waals surface area contributed by atoms with Crippen LogP contribution < -0.4 is 0 Å². The Morgan fingerprint density at radius 3 is 2.00 bits per heavy atom. The summed E-state index contributed by atoms with van der Waals surface area (Å²) in [6, 6.07) is 0. The molecule has 0 aromatic heterocycles. The molecular formula is C41H73O11P. The maximum Gasteiger partial charge on any atom is 0.472 e. The molecule has 0 saturated carbocycles. The third kappa shape index (κ3) is 36.6. The van der Waals surface area contributed by atoms with E-state index in [1.807, 2.05) is 18.2 Å². The lowest BCUT2D eigenvalue weighted by Gasteiger charge is -2.20. The summed E-state index contributed by atoms with van der Waals surface area (Å²) >= 11 is 0. The van der Waals surface area contributed by atoms with Crippen molar-refractivity contribution >= 4 is 19.8 Å². The van der Waals surface area contributed by atoms with Crippen molar-refractivity contribution in [2.45, 2.75) is 167 Å². The average molecular weight is 773 g/mol. The van der Waals surface area contributed by atoms with Gasteiger partial charge in [0.25, 0.3) is 0 Å². The number of aliphatic hydroxyl groups is 3. The van der Waals surface area contributed by atoms with Crippen LogP contribution in [0.3, 0.4) is 0 Å². The monoisotopic (exact) mass is 772 g/mol. The molecule has 4 atom stereocenters. The van der Waals surface area contributed by atoms with E-state index in [1.165, 1.54) is 57.8 Å². The van der Waals surface area contributed by atoms with Crippen LogP contribution in [-0.2, 0) is 32.7 Å². The SMILES string of the molecule is CCCCC/C=C\C/C=C\CC(O)/C=C\C=C\CCCC(=O)O[C@H](COC(=O)CCCCCCCCCCCC(C)C)COP(=O)(O)OC[C@@H](O)CO. The molecule has 2 unspecified atom stereocenters. The second-order valence-electron chi connectivity index (χ2n) is 14.0. The van der Waals surface area contributed by atoms with Crippen molar-refractivity contribution < 1.29 is 52.9 Å². The highest BCUT2D eigenvalue weighted by Gasteiger charge is 2.27. The van der Waals surface area contributed by atoms with Gasteiger partial charge >= 0.3 is 19.8 Å². The molecule has 0 amide bonds. The van der Waals surface area contributed by atoms with Crippen molar-refractivity contribution in [3.63, 3.8) is 0 Å². The fourth-order valence-corrected chi connectivity index (χ4v) is 5.86. The standard InChI is InChI=1S/C41H73O11P/c1-4-5-6-7-8-10-14-18-23-28-37(43)29-24-19-16-21-26-31-41(46)52-39(35-51-53(47,48)50-33-38(44)32-42)34-49-40(45)30-25-20-15-12-9-11-13-17-22-27-36(2)3/h8,10,16,18-19,23-24,29,36-39,42-44H,4-7,9,11-15,17,20-22,25-28,30-35H2,1-3H3,(H,47,48)/b10-8-,19-16+,23-18-,29-24-/t37?,38-,39+/m0/s1. The number of hydrogen-bond donors (Lipinski definition) is 4. The first-order chi connectivity index (χ1) is 25.5. The highest BCUT2D eigenvalue weighted by atomic mass is 31.2. The lowest BCUT2D eigenvalue weighted by molar-refractivity contribution is -0.161. The van der Waals surface area contributed by atoms with Crippen LogP contribution in [0.25, 0.3) is 0 Å². The van der Waals surface area contributed by atoms with E-state index in [1.54, 1.807) is 18.2 Å². The minimum absolute atomic E-state index is 0.0485. The normalized spacial score (nSPS) is 15.2. The lowest BCUT2D eigenvalue weighted by atomic mass is 10.0. The average Bonchev–Trinajstić information content (AvgIpc) is 3.12. The van der Waals surface area contributed by atoms with Gasteiger partial charge in [-0.3, -0.25) is 18.6 Å². The first kappa shape index (κ1) is 50.9. The van der Waals surface area contributed by atoms with Crippen LogP contribution in [0.15, 0.2) is 48.6 Å². The maximum atomic E-state index is 12.6. The van der Waals surface area contributed by atoms with Crippen LogP contribution in [0, 0.1) is 5.92 Å². The molecule has 0 bridgehead atoms. The van der Waals surface area contributed by atoms with E-state index in [-0.39, 0.29) is 19.4 Å². The molecule has 0 aromatic carbocycles. The fourth-order valence-electron chi connectivity index (χ4n) is 5.07. The number of hydrogen-bond acceptors (Lipinski definition) is 10. The van der Waals surface area contributed by atoms with Crippen molar-refractivity contribution in [1.29, 1.82) is 0 Å². The van der Waals surface area contributed by atoms with Gasteiger partial charge in [-0.1, -0.05) is 140 Å². The number of esters is 2.